The third-order valence-electron chi connectivity index (χ3n) is 4.14. The topological polar surface area (TPSA) is 116 Å². The van der Waals surface area contributed by atoms with Crippen LogP contribution in [0, 0.1) is 0 Å². The molecule has 4 aromatic rings. The molecule has 28 heavy (non-hydrogen) atoms. The van der Waals surface area contributed by atoms with Crippen LogP contribution in [0.5, 0.6) is 5.75 Å². The molecule has 2 aromatic heterocycles. The molecule has 2 aromatic carbocycles. The number of benzene rings is 2. The maximum absolute atomic E-state index is 11.8. The molecule has 138 valence electrons. The minimum absolute atomic E-state index is 0.365. The molecular weight excluding hydrogens is 356 g/mol. The Balaban J connectivity index is 1.90. The fourth-order valence-electron chi connectivity index (χ4n) is 2.80. The van der Waals surface area contributed by atoms with Gasteiger partial charge in [-0.05, 0) is 24.3 Å². The van der Waals surface area contributed by atoms with Crippen molar-refractivity contribution in [1.29, 1.82) is 0 Å². The number of aromatic nitrogens is 4. The first kappa shape index (κ1) is 17.3. The molecule has 0 aliphatic rings. The van der Waals surface area contributed by atoms with Crippen molar-refractivity contribution in [3.63, 3.8) is 0 Å². The standard InChI is InChI=1S/C20H16N6O2/c1-28-12-6-7-14-16(10-12)25-20(17-11-22-8-9-23-17)26-19(14)24-15-5-3-2-4-13(15)18(21)27/h2-11H,1H3,(H2,21,27)(H,24,25,26). The molecule has 0 spiro atoms. The third-order valence-corrected chi connectivity index (χ3v) is 4.14. The van der Waals surface area contributed by atoms with E-state index in [1.807, 2.05) is 24.3 Å². The Morgan fingerprint density at radius 2 is 1.96 bits per heavy atom. The van der Waals surface area contributed by atoms with Crippen LogP contribution in [-0.2, 0) is 0 Å². The molecule has 0 atom stereocenters. The van der Waals surface area contributed by atoms with Gasteiger partial charge in [0.2, 0.25) is 0 Å². The number of anilines is 2. The summed E-state index contributed by atoms with van der Waals surface area (Å²) in [6.45, 7) is 0. The van der Waals surface area contributed by atoms with Gasteiger partial charge >= 0.3 is 0 Å². The van der Waals surface area contributed by atoms with Crippen molar-refractivity contribution in [3.05, 3.63) is 66.6 Å². The summed E-state index contributed by atoms with van der Waals surface area (Å²) in [5.41, 5.74) is 7.60. The second-order valence-corrected chi connectivity index (χ2v) is 5.90. The molecule has 0 saturated carbocycles. The van der Waals surface area contributed by atoms with E-state index >= 15 is 0 Å². The van der Waals surface area contributed by atoms with Crippen molar-refractivity contribution in [2.75, 3.05) is 12.4 Å². The number of nitrogens with zero attached hydrogens (tertiary/aromatic N) is 4. The lowest BCUT2D eigenvalue weighted by Crippen LogP contribution is -2.13. The summed E-state index contributed by atoms with van der Waals surface area (Å²) >= 11 is 0. The summed E-state index contributed by atoms with van der Waals surface area (Å²) < 4.78 is 5.31. The first-order valence-corrected chi connectivity index (χ1v) is 8.44. The van der Waals surface area contributed by atoms with E-state index < -0.39 is 5.91 Å². The summed E-state index contributed by atoms with van der Waals surface area (Å²) in [7, 11) is 1.59. The fraction of sp³-hybridized carbons (Fsp3) is 0.0500. The molecule has 4 rings (SSSR count). The minimum Gasteiger partial charge on any atom is -0.497 e. The van der Waals surface area contributed by atoms with Crippen LogP contribution in [0.25, 0.3) is 22.4 Å². The van der Waals surface area contributed by atoms with Crippen LogP contribution < -0.4 is 15.8 Å². The van der Waals surface area contributed by atoms with Crippen molar-refractivity contribution < 1.29 is 9.53 Å². The van der Waals surface area contributed by atoms with Gasteiger partial charge in [0.15, 0.2) is 5.82 Å². The molecular formula is C20H16N6O2. The van der Waals surface area contributed by atoms with E-state index in [-0.39, 0.29) is 0 Å². The second-order valence-electron chi connectivity index (χ2n) is 5.90. The maximum atomic E-state index is 11.8. The highest BCUT2D eigenvalue weighted by Gasteiger charge is 2.14. The van der Waals surface area contributed by atoms with E-state index in [1.165, 1.54) is 0 Å². The van der Waals surface area contributed by atoms with Gasteiger partial charge in [0.05, 0.1) is 30.1 Å². The monoisotopic (exact) mass is 372 g/mol. The Morgan fingerprint density at radius 3 is 2.71 bits per heavy atom. The van der Waals surface area contributed by atoms with E-state index in [4.69, 9.17) is 10.5 Å². The lowest BCUT2D eigenvalue weighted by atomic mass is 10.1. The summed E-state index contributed by atoms with van der Waals surface area (Å²) in [4.78, 5) is 29.3. The van der Waals surface area contributed by atoms with Gasteiger partial charge in [-0.15, -0.1) is 0 Å². The summed E-state index contributed by atoms with van der Waals surface area (Å²) in [5, 5.41) is 3.96. The molecule has 0 aliphatic carbocycles. The number of para-hydroxylation sites is 1. The fourth-order valence-corrected chi connectivity index (χ4v) is 2.80. The molecule has 0 aliphatic heterocycles. The Kier molecular flexibility index (Phi) is 4.51. The van der Waals surface area contributed by atoms with E-state index in [0.29, 0.717) is 39.9 Å². The lowest BCUT2D eigenvalue weighted by molar-refractivity contribution is 0.100. The van der Waals surface area contributed by atoms with Gasteiger partial charge < -0.3 is 15.8 Å². The lowest BCUT2D eigenvalue weighted by Gasteiger charge is -2.13. The molecule has 1 amide bonds. The number of methoxy groups -OCH3 is 1. The summed E-state index contributed by atoms with van der Waals surface area (Å²) in [5.74, 6) is 1.05. The van der Waals surface area contributed by atoms with Crippen molar-refractivity contribution in [1.82, 2.24) is 19.9 Å². The van der Waals surface area contributed by atoms with Crippen molar-refractivity contribution in [3.8, 4) is 17.3 Å². The maximum Gasteiger partial charge on any atom is 0.250 e. The number of fused-ring (bicyclic) bond motifs is 1. The average Bonchev–Trinajstić information content (AvgIpc) is 2.74. The van der Waals surface area contributed by atoms with Gasteiger partial charge in [-0.3, -0.25) is 9.78 Å². The molecule has 0 radical (unpaired) electrons. The quantitative estimate of drug-likeness (QED) is 0.553. The van der Waals surface area contributed by atoms with Crippen LogP contribution in [-0.4, -0.2) is 33.0 Å². The SMILES string of the molecule is COc1ccc2c(Nc3ccccc3C(N)=O)nc(-c3cnccn3)nc2c1. The zero-order valence-electron chi connectivity index (χ0n) is 15.0. The summed E-state index contributed by atoms with van der Waals surface area (Å²) in [6, 6.07) is 12.5. The zero-order chi connectivity index (χ0) is 19.5. The second kappa shape index (κ2) is 7.28. The predicted molar refractivity (Wildman–Crippen MR) is 105 cm³/mol. The molecule has 0 fully saturated rings. The van der Waals surface area contributed by atoms with E-state index in [1.54, 1.807) is 43.9 Å². The van der Waals surface area contributed by atoms with Crippen LogP contribution in [0.1, 0.15) is 10.4 Å². The smallest absolute Gasteiger partial charge is 0.250 e. The Morgan fingerprint density at radius 1 is 1.11 bits per heavy atom. The number of ether oxygens (including phenoxy) is 1. The van der Waals surface area contributed by atoms with Crippen molar-refractivity contribution in [2.24, 2.45) is 5.73 Å². The zero-order valence-corrected chi connectivity index (χ0v) is 15.0. The third kappa shape index (κ3) is 3.30. The first-order chi connectivity index (χ1) is 13.7. The number of amides is 1. The predicted octanol–water partition coefficient (Wildman–Crippen LogP) is 2.94. The Bertz CT molecular complexity index is 1160. The number of nitrogens with one attached hydrogen (secondary N) is 1. The average molecular weight is 372 g/mol. The number of nitrogens with two attached hydrogens (primary N) is 1. The highest BCUT2D eigenvalue weighted by molar-refractivity contribution is 6.01. The van der Waals surface area contributed by atoms with E-state index in [0.717, 1.165) is 5.39 Å². The molecule has 8 nitrogen and oxygen atoms in total. The van der Waals surface area contributed by atoms with Gasteiger partial charge in [-0.1, -0.05) is 12.1 Å². The van der Waals surface area contributed by atoms with E-state index in [9.17, 15) is 4.79 Å². The number of rotatable bonds is 5. The number of primary amides is 1. The van der Waals surface area contributed by atoms with Crippen LogP contribution in [0.2, 0.25) is 0 Å². The van der Waals surface area contributed by atoms with Gasteiger partial charge in [0.1, 0.15) is 17.3 Å². The van der Waals surface area contributed by atoms with E-state index in [2.05, 4.69) is 25.3 Å². The highest BCUT2D eigenvalue weighted by atomic mass is 16.5. The minimum atomic E-state index is -0.530. The molecule has 8 heteroatoms. The van der Waals surface area contributed by atoms with Crippen molar-refractivity contribution in [2.45, 2.75) is 0 Å². The first-order valence-electron chi connectivity index (χ1n) is 8.44. The molecule has 2 heterocycles. The highest BCUT2D eigenvalue weighted by Crippen LogP contribution is 2.30. The normalized spacial score (nSPS) is 10.6. The molecule has 0 bridgehead atoms. The number of carbonyl (C=O) groups is 1. The van der Waals surface area contributed by atoms with Gasteiger partial charge in [-0.2, -0.15) is 0 Å². The van der Waals surface area contributed by atoms with Crippen LogP contribution in [0.3, 0.4) is 0 Å². The summed E-state index contributed by atoms with van der Waals surface area (Å²) in [6.07, 6.45) is 4.74. The van der Waals surface area contributed by atoms with Crippen molar-refractivity contribution >= 4 is 28.3 Å². The van der Waals surface area contributed by atoms with Crippen LogP contribution >= 0.6 is 0 Å². The Labute approximate surface area is 160 Å². The van der Waals surface area contributed by atoms with Crippen LogP contribution in [0.15, 0.2) is 61.1 Å². The van der Waals surface area contributed by atoms with Gasteiger partial charge in [0, 0.05) is 23.8 Å². The number of hydrogen-bond acceptors (Lipinski definition) is 7. The Hall–Kier alpha value is -4.07. The molecule has 0 saturated heterocycles. The van der Waals surface area contributed by atoms with Gasteiger partial charge in [-0.25, -0.2) is 15.0 Å². The molecule has 0 unspecified atom stereocenters. The largest absolute Gasteiger partial charge is 0.497 e. The van der Waals surface area contributed by atoms with Gasteiger partial charge in [0.25, 0.3) is 5.91 Å². The molecule has 3 N–H and O–H groups in total. The van der Waals surface area contributed by atoms with Crippen LogP contribution in [0.4, 0.5) is 11.5 Å². The number of carbonyl (C=O) groups excluding carboxylic acids is 1. The number of hydrogen-bond donors (Lipinski definition) is 2.